The smallest absolute Gasteiger partial charge is 0.379 e. The Morgan fingerprint density at radius 3 is 2.21 bits per heavy atom. The molecule has 0 unspecified atom stereocenters. The van der Waals surface area contributed by atoms with Crippen LogP contribution < -0.4 is 0 Å². The van der Waals surface area contributed by atoms with Crippen molar-refractivity contribution in [2.24, 2.45) is 4.99 Å². The van der Waals surface area contributed by atoms with Crippen molar-refractivity contribution in [3.63, 3.8) is 0 Å². The van der Waals surface area contributed by atoms with E-state index in [1.165, 1.54) is 0 Å². The maximum absolute atomic E-state index is 11.6. The number of hydrogen-bond acceptors (Lipinski definition) is 4. The standard InChI is InChI=1S/C14H11NO2S2/c16-14(19-12-9-5-2-6-10-12)17-13(18)15-11-7-3-1-4-8-11/h1-10H,(H,15,18). The van der Waals surface area contributed by atoms with Crippen LogP contribution in [0.5, 0.6) is 0 Å². The van der Waals surface area contributed by atoms with Crippen LogP contribution in [0.25, 0.3) is 0 Å². The Labute approximate surface area is 121 Å². The lowest BCUT2D eigenvalue weighted by atomic mass is 10.3. The van der Waals surface area contributed by atoms with E-state index >= 15 is 0 Å². The van der Waals surface area contributed by atoms with Crippen molar-refractivity contribution in [1.82, 2.24) is 0 Å². The van der Waals surface area contributed by atoms with Gasteiger partial charge in [-0.3, -0.25) is 0 Å². The summed E-state index contributed by atoms with van der Waals surface area (Å²) in [5, 5.41) is -0.435. The molecule has 0 aliphatic carbocycles. The Morgan fingerprint density at radius 2 is 1.58 bits per heavy atom. The van der Waals surface area contributed by atoms with Gasteiger partial charge in [0.15, 0.2) is 0 Å². The highest BCUT2D eigenvalue weighted by molar-refractivity contribution is 8.13. The zero-order chi connectivity index (χ0) is 13.5. The molecule has 0 bridgehead atoms. The van der Waals surface area contributed by atoms with E-state index in [0.29, 0.717) is 5.69 Å². The molecule has 0 saturated heterocycles. The van der Waals surface area contributed by atoms with Gasteiger partial charge in [0.1, 0.15) is 0 Å². The molecule has 0 fully saturated rings. The highest BCUT2D eigenvalue weighted by Crippen LogP contribution is 2.20. The largest absolute Gasteiger partial charge is 0.393 e. The lowest BCUT2D eigenvalue weighted by Gasteiger charge is -2.02. The molecule has 0 spiro atoms. The number of thiol groups is 1. The second-order valence-corrected chi connectivity index (χ2v) is 4.89. The van der Waals surface area contributed by atoms with E-state index in [4.69, 9.17) is 4.74 Å². The summed E-state index contributed by atoms with van der Waals surface area (Å²) >= 11 is 5.03. The molecule has 19 heavy (non-hydrogen) atoms. The van der Waals surface area contributed by atoms with Crippen molar-refractivity contribution in [2.45, 2.75) is 4.90 Å². The van der Waals surface area contributed by atoms with Gasteiger partial charge in [-0.1, -0.05) is 49.0 Å². The fraction of sp³-hybridized carbons (Fsp3) is 0. The maximum Gasteiger partial charge on any atom is 0.379 e. The Morgan fingerprint density at radius 1 is 1.00 bits per heavy atom. The molecule has 2 aromatic carbocycles. The average Bonchev–Trinajstić information content (AvgIpc) is 2.40. The third-order valence-electron chi connectivity index (χ3n) is 2.10. The van der Waals surface area contributed by atoms with Crippen LogP contribution in [0.1, 0.15) is 0 Å². The molecule has 96 valence electrons. The van der Waals surface area contributed by atoms with E-state index < -0.39 is 5.30 Å². The number of thioether (sulfide) groups is 1. The number of nitrogens with zero attached hydrogens (tertiary/aromatic N) is 1. The van der Waals surface area contributed by atoms with Gasteiger partial charge in [-0.25, -0.2) is 9.79 Å². The minimum absolute atomic E-state index is 0.0274. The van der Waals surface area contributed by atoms with Gasteiger partial charge in [0.2, 0.25) is 0 Å². The molecule has 5 heteroatoms. The summed E-state index contributed by atoms with van der Waals surface area (Å²) in [4.78, 5) is 16.5. The van der Waals surface area contributed by atoms with Gasteiger partial charge in [-0.2, -0.15) is 0 Å². The van der Waals surface area contributed by atoms with E-state index in [1.54, 1.807) is 12.1 Å². The fourth-order valence-corrected chi connectivity index (χ4v) is 2.18. The van der Waals surface area contributed by atoms with Gasteiger partial charge in [-0.05, 0) is 36.0 Å². The maximum atomic E-state index is 11.6. The number of benzene rings is 2. The predicted octanol–water partition coefficient (Wildman–Crippen LogP) is 4.53. The Hall–Kier alpha value is -1.72. The van der Waals surface area contributed by atoms with E-state index in [-0.39, 0.29) is 5.23 Å². The van der Waals surface area contributed by atoms with Crippen LogP contribution in [-0.4, -0.2) is 10.5 Å². The van der Waals surface area contributed by atoms with Crippen molar-refractivity contribution in [3.05, 3.63) is 60.7 Å². The molecule has 0 saturated carbocycles. The highest BCUT2D eigenvalue weighted by Gasteiger charge is 2.08. The summed E-state index contributed by atoms with van der Waals surface area (Å²) in [5.74, 6) is 0. The highest BCUT2D eigenvalue weighted by atomic mass is 32.2. The van der Waals surface area contributed by atoms with Crippen LogP contribution in [0.4, 0.5) is 10.5 Å². The predicted molar refractivity (Wildman–Crippen MR) is 81.3 cm³/mol. The fourth-order valence-electron chi connectivity index (χ4n) is 1.32. The van der Waals surface area contributed by atoms with Crippen molar-refractivity contribution in [1.29, 1.82) is 0 Å². The molecule has 0 N–H and O–H groups in total. The first-order valence-electron chi connectivity index (χ1n) is 5.51. The van der Waals surface area contributed by atoms with Gasteiger partial charge in [0.05, 0.1) is 5.69 Å². The third kappa shape index (κ3) is 4.81. The Bertz CT molecular complexity index is 571. The zero-order valence-corrected chi connectivity index (χ0v) is 11.6. The monoisotopic (exact) mass is 289 g/mol. The van der Waals surface area contributed by atoms with Gasteiger partial charge < -0.3 is 4.74 Å². The summed E-state index contributed by atoms with van der Waals surface area (Å²) in [5.41, 5.74) is 0.685. The van der Waals surface area contributed by atoms with Crippen molar-refractivity contribution in [3.8, 4) is 0 Å². The molecule has 0 amide bonds. The summed E-state index contributed by atoms with van der Waals surface area (Å²) in [7, 11) is 0. The van der Waals surface area contributed by atoms with Crippen molar-refractivity contribution in [2.75, 3.05) is 0 Å². The third-order valence-corrected chi connectivity index (χ3v) is 3.05. The number of hydrogen-bond donors (Lipinski definition) is 1. The van der Waals surface area contributed by atoms with Gasteiger partial charge in [-0.15, -0.1) is 0 Å². The van der Waals surface area contributed by atoms with Gasteiger partial charge in [0.25, 0.3) is 5.23 Å². The Kier molecular flexibility index (Phi) is 5.06. The number of carbonyl (C=O) groups excluding carboxylic acids is 1. The van der Waals surface area contributed by atoms with E-state index in [2.05, 4.69) is 17.6 Å². The minimum atomic E-state index is -0.462. The second kappa shape index (κ2) is 7.01. The van der Waals surface area contributed by atoms with Crippen LogP contribution >= 0.6 is 24.4 Å². The summed E-state index contributed by atoms with van der Waals surface area (Å²) in [6, 6.07) is 18.4. The summed E-state index contributed by atoms with van der Waals surface area (Å²) in [6.45, 7) is 0. The molecule has 0 aliphatic rings. The second-order valence-electron chi connectivity index (χ2n) is 3.50. The Balaban J connectivity index is 1.94. The number of para-hydroxylation sites is 1. The van der Waals surface area contributed by atoms with Gasteiger partial charge >= 0.3 is 5.30 Å². The number of rotatable bonds is 2. The number of carbonyl (C=O) groups is 1. The van der Waals surface area contributed by atoms with Crippen LogP contribution in [0.2, 0.25) is 0 Å². The topological polar surface area (TPSA) is 38.7 Å². The zero-order valence-electron chi connectivity index (χ0n) is 9.89. The van der Waals surface area contributed by atoms with Crippen molar-refractivity contribution < 1.29 is 9.53 Å². The number of aliphatic imine (C=N–C) groups is 1. The van der Waals surface area contributed by atoms with Crippen LogP contribution in [0, 0.1) is 0 Å². The average molecular weight is 289 g/mol. The minimum Gasteiger partial charge on any atom is -0.393 e. The molecular weight excluding hydrogens is 278 g/mol. The van der Waals surface area contributed by atoms with Crippen LogP contribution in [0.3, 0.4) is 0 Å². The molecular formula is C14H11NO2S2. The first kappa shape index (κ1) is 13.7. The molecule has 3 nitrogen and oxygen atoms in total. The van der Waals surface area contributed by atoms with Crippen LogP contribution in [0.15, 0.2) is 70.6 Å². The number of ether oxygens (including phenoxy) is 1. The van der Waals surface area contributed by atoms with E-state index in [9.17, 15) is 4.79 Å². The molecule has 2 aromatic rings. The van der Waals surface area contributed by atoms with Crippen LogP contribution in [-0.2, 0) is 4.74 Å². The molecule has 0 aliphatic heterocycles. The summed E-state index contributed by atoms with van der Waals surface area (Å²) in [6.07, 6.45) is 0. The molecule has 0 radical (unpaired) electrons. The molecule has 0 aromatic heterocycles. The lowest BCUT2D eigenvalue weighted by molar-refractivity contribution is 0.226. The SMILES string of the molecule is O=C(O/C(S)=N/c1ccccc1)Sc1ccccc1. The molecule has 0 atom stereocenters. The molecule has 2 rings (SSSR count). The van der Waals surface area contributed by atoms with Gasteiger partial charge in [0, 0.05) is 4.90 Å². The normalized spacial score (nSPS) is 11.1. The van der Waals surface area contributed by atoms with E-state index in [0.717, 1.165) is 16.7 Å². The van der Waals surface area contributed by atoms with Crippen molar-refractivity contribution >= 4 is 40.6 Å². The summed E-state index contributed by atoms with van der Waals surface area (Å²) < 4.78 is 5.00. The quantitative estimate of drug-likeness (QED) is 0.290. The first-order valence-corrected chi connectivity index (χ1v) is 6.78. The van der Waals surface area contributed by atoms with E-state index in [1.807, 2.05) is 48.5 Å². The lowest BCUT2D eigenvalue weighted by Crippen LogP contribution is -2.01. The molecule has 0 heterocycles. The first-order chi connectivity index (χ1) is 9.24.